The lowest BCUT2D eigenvalue weighted by Gasteiger charge is -2.26. The monoisotopic (exact) mass is 462 g/mol. The molecule has 0 aliphatic carbocycles. The Bertz CT molecular complexity index is 1010. The Kier molecular flexibility index (Phi) is 7.75. The molecule has 2 aromatic rings. The third kappa shape index (κ3) is 5.65. The molecule has 4 rings (SSSR count). The van der Waals surface area contributed by atoms with Gasteiger partial charge in [0.1, 0.15) is 5.52 Å². The smallest absolute Gasteiger partial charge is 0.243 e. The highest BCUT2D eigenvalue weighted by molar-refractivity contribution is 7.89. The molecule has 2 aliphatic rings. The minimum absolute atomic E-state index is 0.0621. The van der Waals surface area contributed by atoms with Crippen LogP contribution in [-0.4, -0.2) is 77.8 Å². The number of nitrogens with zero attached hydrogens (tertiary/aromatic N) is 5. The van der Waals surface area contributed by atoms with Crippen LogP contribution >= 0.6 is 0 Å². The Morgan fingerprint density at radius 2 is 1.72 bits per heavy atom. The summed E-state index contributed by atoms with van der Waals surface area (Å²) in [6.45, 7) is 5.87. The van der Waals surface area contributed by atoms with Crippen LogP contribution in [0.25, 0.3) is 11.0 Å². The number of piperidine rings is 1. The van der Waals surface area contributed by atoms with Crippen molar-refractivity contribution in [1.82, 2.24) is 29.5 Å². The summed E-state index contributed by atoms with van der Waals surface area (Å²) in [7, 11) is -3.47. The van der Waals surface area contributed by atoms with Gasteiger partial charge in [-0.1, -0.05) is 11.6 Å². The van der Waals surface area contributed by atoms with Crippen molar-refractivity contribution in [1.29, 1.82) is 0 Å². The predicted octanol–water partition coefficient (Wildman–Crippen LogP) is 1.99. The van der Waals surface area contributed by atoms with Crippen LogP contribution in [-0.2, 0) is 21.4 Å². The second-order valence-electron chi connectivity index (χ2n) is 8.78. The van der Waals surface area contributed by atoms with E-state index in [0.29, 0.717) is 38.0 Å². The van der Waals surface area contributed by atoms with Gasteiger partial charge in [-0.25, -0.2) is 13.1 Å². The maximum Gasteiger partial charge on any atom is 0.243 e. The molecule has 176 valence electrons. The van der Waals surface area contributed by atoms with Gasteiger partial charge in [-0.05, 0) is 76.4 Å². The minimum atomic E-state index is -3.47. The molecule has 0 unspecified atom stereocenters. The molecule has 2 aliphatic heterocycles. The van der Waals surface area contributed by atoms with E-state index in [1.54, 1.807) is 22.9 Å². The molecule has 3 heterocycles. The molecule has 0 bridgehead atoms. The van der Waals surface area contributed by atoms with Crippen molar-refractivity contribution in [3.05, 3.63) is 18.2 Å². The van der Waals surface area contributed by atoms with E-state index in [9.17, 15) is 13.2 Å². The zero-order valence-corrected chi connectivity index (χ0v) is 19.5. The molecule has 1 amide bonds. The number of amides is 1. The highest BCUT2D eigenvalue weighted by Crippen LogP contribution is 2.23. The highest BCUT2D eigenvalue weighted by Gasteiger charge is 2.27. The largest absolute Gasteiger partial charge is 0.356 e. The third-order valence-electron chi connectivity index (χ3n) is 6.38. The van der Waals surface area contributed by atoms with E-state index in [2.05, 4.69) is 20.5 Å². The van der Waals surface area contributed by atoms with Gasteiger partial charge >= 0.3 is 0 Å². The minimum Gasteiger partial charge on any atom is -0.356 e. The number of benzene rings is 1. The van der Waals surface area contributed by atoms with Gasteiger partial charge in [0.05, 0.1) is 10.4 Å². The first-order valence-corrected chi connectivity index (χ1v) is 13.3. The molecule has 0 atom stereocenters. The summed E-state index contributed by atoms with van der Waals surface area (Å²) in [6, 6.07) is 4.99. The quantitative estimate of drug-likeness (QED) is 0.542. The van der Waals surface area contributed by atoms with Gasteiger partial charge < -0.3 is 10.2 Å². The summed E-state index contributed by atoms with van der Waals surface area (Å²) < 4.78 is 28.8. The fraction of sp³-hybridized carbons (Fsp3) is 0.682. The number of aromatic nitrogens is 3. The average Bonchev–Trinajstić information content (AvgIpc) is 3.48. The maximum atomic E-state index is 12.8. The van der Waals surface area contributed by atoms with Crippen LogP contribution in [0.2, 0.25) is 0 Å². The topological polar surface area (TPSA) is 100 Å². The summed E-state index contributed by atoms with van der Waals surface area (Å²) in [6.07, 6.45) is 7.82. The van der Waals surface area contributed by atoms with Gasteiger partial charge in [-0.3, -0.25) is 4.79 Å². The summed E-state index contributed by atoms with van der Waals surface area (Å²) in [5.74, 6) is 0.0621. The molecule has 1 N–H and O–H groups in total. The van der Waals surface area contributed by atoms with E-state index in [4.69, 9.17) is 0 Å². The number of rotatable bonds is 10. The van der Waals surface area contributed by atoms with Crippen LogP contribution in [0, 0.1) is 0 Å². The lowest BCUT2D eigenvalue weighted by atomic mass is 10.1. The Balaban J connectivity index is 1.22. The van der Waals surface area contributed by atoms with Gasteiger partial charge in [-0.2, -0.15) is 4.31 Å². The highest BCUT2D eigenvalue weighted by atomic mass is 32.2. The second-order valence-corrected chi connectivity index (χ2v) is 10.7. The number of nitrogens with one attached hydrogen (secondary N) is 1. The Morgan fingerprint density at radius 1 is 0.969 bits per heavy atom. The first-order valence-electron chi connectivity index (χ1n) is 11.9. The van der Waals surface area contributed by atoms with Crippen molar-refractivity contribution in [2.75, 3.05) is 39.3 Å². The average molecular weight is 463 g/mol. The first-order chi connectivity index (χ1) is 15.5. The van der Waals surface area contributed by atoms with Crippen LogP contribution < -0.4 is 5.32 Å². The molecular formula is C22H34N6O3S. The van der Waals surface area contributed by atoms with Crippen molar-refractivity contribution in [2.24, 2.45) is 0 Å². The molecule has 2 fully saturated rings. The fourth-order valence-corrected chi connectivity index (χ4v) is 6.08. The molecule has 1 aromatic heterocycles. The van der Waals surface area contributed by atoms with Crippen LogP contribution in [0.15, 0.2) is 23.1 Å². The van der Waals surface area contributed by atoms with Crippen molar-refractivity contribution in [3.8, 4) is 0 Å². The van der Waals surface area contributed by atoms with E-state index in [1.807, 2.05) is 0 Å². The number of carbonyl (C=O) groups excluding carboxylic acids is 1. The van der Waals surface area contributed by atoms with Crippen LogP contribution in [0.4, 0.5) is 0 Å². The molecule has 0 radical (unpaired) electrons. The SMILES string of the molecule is O=C(CCCn1nnc2cc(S(=O)(=O)N3CCCC3)ccc21)NCCCN1CCCCC1. The zero-order valence-electron chi connectivity index (χ0n) is 18.7. The van der Waals surface area contributed by atoms with Gasteiger partial charge in [0, 0.05) is 32.6 Å². The van der Waals surface area contributed by atoms with E-state index < -0.39 is 10.0 Å². The van der Waals surface area contributed by atoms with E-state index >= 15 is 0 Å². The summed E-state index contributed by atoms with van der Waals surface area (Å²) in [4.78, 5) is 14.9. The molecule has 0 spiro atoms. The van der Waals surface area contributed by atoms with Gasteiger partial charge in [-0.15, -0.1) is 5.10 Å². The number of fused-ring (bicyclic) bond motifs is 1. The standard InChI is InChI=1S/C22H34N6O3S/c29-22(23-11-7-14-26-12-2-1-3-13-26)8-6-17-28-21-10-9-19(18-20(21)24-25-28)32(30,31)27-15-4-5-16-27/h9-10,18H,1-8,11-17H2,(H,23,29). The van der Waals surface area contributed by atoms with Crippen LogP contribution in [0.1, 0.15) is 51.4 Å². The number of hydrogen-bond acceptors (Lipinski definition) is 6. The maximum absolute atomic E-state index is 12.8. The molecule has 10 heteroatoms. The van der Waals surface area contributed by atoms with E-state index in [1.165, 1.54) is 36.7 Å². The zero-order chi connectivity index (χ0) is 22.4. The first kappa shape index (κ1) is 23.1. The number of hydrogen-bond donors (Lipinski definition) is 1. The van der Waals surface area contributed by atoms with E-state index in [0.717, 1.165) is 37.9 Å². The molecular weight excluding hydrogens is 428 g/mol. The molecule has 1 aromatic carbocycles. The fourth-order valence-electron chi connectivity index (χ4n) is 4.55. The third-order valence-corrected chi connectivity index (χ3v) is 8.28. The second kappa shape index (κ2) is 10.7. The van der Waals surface area contributed by atoms with Crippen molar-refractivity contribution in [2.45, 2.75) is 62.8 Å². The summed E-state index contributed by atoms with van der Waals surface area (Å²) in [5.41, 5.74) is 1.35. The van der Waals surface area contributed by atoms with Crippen molar-refractivity contribution in [3.63, 3.8) is 0 Å². The van der Waals surface area contributed by atoms with Gasteiger partial charge in [0.2, 0.25) is 15.9 Å². The summed E-state index contributed by atoms with van der Waals surface area (Å²) in [5, 5.41) is 11.3. The Morgan fingerprint density at radius 3 is 2.50 bits per heavy atom. The molecule has 32 heavy (non-hydrogen) atoms. The van der Waals surface area contributed by atoms with Crippen molar-refractivity contribution >= 4 is 27.0 Å². The predicted molar refractivity (Wildman–Crippen MR) is 123 cm³/mol. The molecule has 2 saturated heterocycles. The summed E-state index contributed by atoms with van der Waals surface area (Å²) >= 11 is 0. The Labute approximate surface area is 190 Å². The number of aryl methyl sites for hydroxylation is 1. The van der Waals surface area contributed by atoms with Crippen molar-refractivity contribution < 1.29 is 13.2 Å². The lowest BCUT2D eigenvalue weighted by Crippen LogP contribution is -2.33. The van der Waals surface area contributed by atoms with Gasteiger partial charge in [0.15, 0.2) is 0 Å². The molecule has 0 saturated carbocycles. The number of carbonyl (C=O) groups is 1. The Hall–Kier alpha value is -2.04. The number of sulfonamides is 1. The van der Waals surface area contributed by atoms with Crippen LogP contribution in [0.5, 0.6) is 0 Å². The van der Waals surface area contributed by atoms with E-state index in [-0.39, 0.29) is 10.8 Å². The number of likely N-dealkylation sites (tertiary alicyclic amines) is 1. The molecule has 9 nitrogen and oxygen atoms in total. The normalized spacial score (nSPS) is 18.4. The van der Waals surface area contributed by atoms with Crippen LogP contribution in [0.3, 0.4) is 0 Å². The van der Waals surface area contributed by atoms with Gasteiger partial charge in [0.25, 0.3) is 0 Å². The lowest BCUT2D eigenvalue weighted by molar-refractivity contribution is -0.121.